The highest BCUT2D eigenvalue weighted by molar-refractivity contribution is 5.79. The molecule has 0 aliphatic heterocycles. The normalized spacial score (nSPS) is 12.3. The van der Waals surface area contributed by atoms with E-state index >= 15 is 0 Å². The summed E-state index contributed by atoms with van der Waals surface area (Å²) >= 11 is 0. The number of carbonyl (C=O) groups excluding carboxylic acids is 1. The van der Waals surface area contributed by atoms with Crippen LogP contribution in [-0.2, 0) is 11.3 Å². The number of pyridine rings is 1. The van der Waals surface area contributed by atoms with E-state index in [9.17, 15) is 4.79 Å². The van der Waals surface area contributed by atoms with Gasteiger partial charge in [-0.25, -0.2) is 4.79 Å². The molecule has 0 fully saturated rings. The largest absolute Gasteiger partial charge is 0.449 e. The second-order valence-electron chi connectivity index (χ2n) is 6.00. The quantitative estimate of drug-likeness (QED) is 0.783. The molecular formula is C21H18N2O2. The van der Waals surface area contributed by atoms with Crippen molar-refractivity contribution in [3.63, 3.8) is 0 Å². The third-order valence-electron chi connectivity index (χ3n) is 4.48. The van der Waals surface area contributed by atoms with E-state index in [1.807, 2.05) is 42.5 Å². The van der Waals surface area contributed by atoms with Crippen LogP contribution < -0.4 is 5.32 Å². The SMILES string of the molecule is O=C(NCc1ccccn1)OCC1c2ccccc2-c2ccccc21. The highest BCUT2D eigenvalue weighted by Crippen LogP contribution is 2.44. The summed E-state index contributed by atoms with van der Waals surface area (Å²) in [5, 5.41) is 2.75. The van der Waals surface area contributed by atoms with Crippen LogP contribution in [0.3, 0.4) is 0 Å². The van der Waals surface area contributed by atoms with Crippen molar-refractivity contribution in [1.29, 1.82) is 0 Å². The number of benzene rings is 2. The van der Waals surface area contributed by atoms with E-state index in [0.29, 0.717) is 13.2 Å². The molecule has 3 aromatic rings. The van der Waals surface area contributed by atoms with Crippen LogP contribution in [0.15, 0.2) is 72.9 Å². The van der Waals surface area contributed by atoms with Crippen molar-refractivity contribution in [2.75, 3.05) is 6.61 Å². The molecule has 0 saturated carbocycles. The molecule has 25 heavy (non-hydrogen) atoms. The van der Waals surface area contributed by atoms with Gasteiger partial charge in [0.25, 0.3) is 0 Å². The van der Waals surface area contributed by atoms with Gasteiger partial charge in [0.05, 0.1) is 12.2 Å². The van der Waals surface area contributed by atoms with Gasteiger partial charge in [-0.1, -0.05) is 54.6 Å². The summed E-state index contributed by atoms with van der Waals surface area (Å²) in [5.74, 6) is 0.0769. The Kier molecular flexibility index (Phi) is 4.17. The number of rotatable bonds is 4. The molecule has 124 valence electrons. The second-order valence-corrected chi connectivity index (χ2v) is 6.00. The number of alkyl carbamates (subject to hydrolysis) is 1. The molecule has 1 aromatic heterocycles. The molecule has 0 bridgehead atoms. The molecule has 4 heteroatoms. The maximum Gasteiger partial charge on any atom is 0.407 e. The zero-order chi connectivity index (χ0) is 17.1. The molecule has 1 heterocycles. The molecule has 0 saturated heterocycles. The minimum Gasteiger partial charge on any atom is -0.449 e. The highest BCUT2D eigenvalue weighted by Gasteiger charge is 2.28. The Bertz CT molecular complexity index is 848. The van der Waals surface area contributed by atoms with E-state index in [2.05, 4.69) is 34.6 Å². The summed E-state index contributed by atoms with van der Waals surface area (Å²) in [6.07, 6.45) is 1.28. The summed E-state index contributed by atoms with van der Waals surface area (Å²) in [7, 11) is 0. The van der Waals surface area contributed by atoms with E-state index < -0.39 is 6.09 Å². The van der Waals surface area contributed by atoms with Gasteiger partial charge in [0.2, 0.25) is 0 Å². The second kappa shape index (κ2) is 6.77. The molecule has 1 N–H and O–H groups in total. The molecule has 0 atom stereocenters. The van der Waals surface area contributed by atoms with Crippen molar-refractivity contribution < 1.29 is 9.53 Å². The molecule has 0 radical (unpaired) electrons. The lowest BCUT2D eigenvalue weighted by Crippen LogP contribution is -2.26. The van der Waals surface area contributed by atoms with Crippen molar-refractivity contribution in [1.82, 2.24) is 10.3 Å². The fraction of sp³-hybridized carbons (Fsp3) is 0.143. The minimum absolute atomic E-state index is 0.0769. The molecular weight excluding hydrogens is 312 g/mol. The Labute approximate surface area is 146 Å². The van der Waals surface area contributed by atoms with Crippen LogP contribution in [-0.4, -0.2) is 17.7 Å². The molecule has 4 rings (SSSR count). The number of nitrogens with one attached hydrogen (secondary N) is 1. The Balaban J connectivity index is 1.43. The molecule has 4 nitrogen and oxygen atoms in total. The number of hydrogen-bond donors (Lipinski definition) is 1. The molecule has 2 aromatic carbocycles. The smallest absolute Gasteiger partial charge is 0.407 e. The van der Waals surface area contributed by atoms with Gasteiger partial charge in [0, 0.05) is 12.1 Å². The number of nitrogens with zero attached hydrogens (tertiary/aromatic N) is 1. The Morgan fingerprint density at radius 1 is 0.920 bits per heavy atom. The van der Waals surface area contributed by atoms with Gasteiger partial charge in [-0.3, -0.25) is 4.98 Å². The number of aromatic nitrogens is 1. The van der Waals surface area contributed by atoms with Gasteiger partial charge in [0.15, 0.2) is 0 Å². The molecule has 0 unspecified atom stereocenters. The first kappa shape index (κ1) is 15.4. The van der Waals surface area contributed by atoms with E-state index in [1.54, 1.807) is 6.20 Å². The Hall–Kier alpha value is -3.14. The van der Waals surface area contributed by atoms with Crippen LogP contribution in [0.2, 0.25) is 0 Å². The highest BCUT2D eigenvalue weighted by atomic mass is 16.5. The standard InChI is InChI=1S/C21H18N2O2/c24-21(23-13-15-7-5-6-12-22-15)25-14-20-18-10-3-1-8-16(18)17-9-2-4-11-19(17)20/h1-12,20H,13-14H2,(H,23,24). The van der Waals surface area contributed by atoms with E-state index in [1.165, 1.54) is 22.3 Å². The predicted molar refractivity (Wildman–Crippen MR) is 96.1 cm³/mol. The number of fused-ring (bicyclic) bond motifs is 3. The minimum atomic E-state index is -0.424. The van der Waals surface area contributed by atoms with Crippen LogP contribution in [0.5, 0.6) is 0 Å². The van der Waals surface area contributed by atoms with Crippen LogP contribution in [0.25, 0.3) is 11.1 Å². The topological polar surface area (TPSA) is 51.2 Å². The summed E-state index contributed by atoms with van der Waals surface area (Å²) in [5.41, 5.74) is 5.67. The van der Waals surface area contributed by atoms with E-state index in [0.717, 1.165) is 5.69 Å². The summed E-state index contributed by atoms with van der Waals surface area (Å²) in [4.78, 5) is 16.2. The lowest BCUT2D eigenvalue weighted by atomic mass is 9.98. The zero-order valence-corrected chi connectivity index (χ0v) is 13.7. The number of amides is 1. The lowest BCUT2D eigenvalue weighted by Gasteiger charge is -2.14. The predicted octanol–water partition coefficient (Wildman–Crippen LogP) is 4.12. The van der Waals surface area contributed by atoms with Gasteiger partial charge < -0.3 is 10.1 Å². The number of hydrogen-bond acceptors (Lipinski definition) is 3. The van der Waals surface area contributed by atoms with Gasteiger partial charge in [-0.2, -0.15) is 0 Å². The first-order valence-electron chi connectivity index (χ1n) is 8.31. The van der Waals surface area contributed by atoms with Crippen LogP contribution in [0, 0.1) is 0 Å². The van der Waals surface area contributed by atoms with Gasteiger partial charge in [-0.15, -0.1) is 0 Å². The van der Waals surface area contributed by atoms with Gasteiger partial charge in [0.1, 0.15) is 6.61 Å². The fourth-order valence-corrected chi connectivity index (χ4v) is 3.31. The van der Waals surface area contributed by atoms with Crippen molar-refractivity contribution in [3.05, 3.63) is 89.7 Å². The molecule has 1 amide bonds. The Morgan fingerprint density at radius 3 is 2.20 bits per heavy atom. The van der Waals surface area contributed by atoms with Gasteiger partial charge in [-0.05, 0) is 34.4 Å². The van der Waals surface area contributed by atoms with Gasteiger partial charge >= 0.3 is 6.09 Å². The van der Waals surface area contributed by atoms with Crippen molar-refractivity contribution in [2.24, 2.45) is 0 Å². The van der Waals surface area contributed by atoms with Crippen molar-refractivity contribution in [2.45, 2.75) is 12.5 Å². The maximum absolute atomic E-state index is 12.0. The number of carbonyl (C=O) groups is 1. The summed E-state index contributed by atoms with van der Waals surface area (Å²) in [6, 6.07) is 22.2. The average Bonchev–Trinajstić information content (AvgIpc) is 2.99. The molecule has 0 spiro atoms. The average molecular weight is 330 g/mol. The Morgan fingerprint density at radius 2 is 1.56 bits per heavy atom. The fourth-order valence-electron chi connectivity index (χ4n) is 3.31. The van der Waals surface area contributed by atoms with Crippen LogP contribution >= 0.6 is 0 Å². The molecule has 1 aliphatic carbocycles. The van der Waals surface area contributed by atoms with Crippen LogP contribution in [0.4, 0.5) is 4.79 Å². The zero-order valence-electron chi connectivity index (χ0n) is 13.7. The van der Waals surface area contributed by atoms with Crippen molar-refractivity contribution in [3.8, 4) is 11.1 Å². The summed E-state index contributed by atoms with van der Waals surface area (Å²) in [6.45, 7) is 0.680. The monoisotopic (exact) mass is 330 g/mol. The third kappa shape index (κ3) is 3.11. The van der Waals surface area contributed by atoms with Crippen LogP contribution in [0.1, 0.15) is 22.7 Å². The van der Waals surface area contributed by atoms with Crippen molar-refractivity contribution >= 4 is 6.09 Å². The first-order chi connectivity index (χ1) is 12.3. The van der Waals surface area contributed by atoms with E-state index in [-0.39, 0.29) is 5.92 Å². The van der Waals surface area contributed by atoms with E-state index in [4.69, 9.17) is 4.74 Å². The summed E-state index contributed by atoms with van der Waals surface area (Å²) < 4.78 is 5.48. The first-order valence-corrected chi connectivity index (χ1v) is 8.31. The lowest BCUT2D eigenvalue weighted by molar-refractivity contribution is 0.142. The number of ether oxygens (including phenoxy) is 1. The molecule has 1 aliphatic rings. The third-order valence-corrected chi connectivity index (χ3v) is 4.48. The maximum atomic E-state index is 12.0.